The zero-order valence-electron chi connectivity index (χ0n) is 8.78. The van der Waals surface area contributed by atoms with Gasteiger partial charge < -0.3 is 9.26 Å². The molecule has 0 bridgehead atoms. The SMILES string of the molecule is COC(c1noc(Cl)n1)C1CCCCC1. The minimum absolute atomic E-state index is 0.0680. The summed E-state index contributed by atoms with van der Waals surface area (Å²) in [5, 5.41) is 3.91. The molecule has 1 heterocycles. The minimum atomic E-state index is -0.0680. The van der Waals surface area contributed by atoms with Crippen molar-refractivity contribution < 1.29 is 9.26 Å². The molecule has 1 fully saturated rings. The first-order chi connectivity index (χ1) is 7.31. The molecule has 1 aromatic rings. The molecule has 84 valence electrons. The maximum atomic E-state index is 5.60. The largest absolute Gasteiger partial charge is 0.373 e. The van der Waals surface area contributed by atoms with Gasteiger partial charge in [-0.15, -0.1) is 0 Å². The van der Waals surface area contributed by atoms with Crippen LogP contribution in [0.15, 0.2) is 4.52 Å². The third kappa shape index (κ3) is 2.49. The number of hydrogen-bond acceptors (Lipinski definition) is 4. The van der Waals surface area contributed by atoms with E-state index < -0.39 is 0 Å². The van der Waals surface area contributed by atoms with Crippen LogP contribution in [0.4, 0.5) is 0 Å². The number of rotatable bonds is 3. The second-order valence-electron chi connectivity index (χ2n) is 3.96. The molecule has 1 aromatic heterocycles. The molecule has 1 aliphatic rings. The van der Waals surface area contributed by atoms with E-state index >= 15 is 0 Å². The van der Waals surface area contributed by atoms with E-state index in [0.29, 0.717) is 11.7 Å². The summed E-state index contributed by atoms with van der Waals surface area (Å²) in [6.07, 6.45) is 6.11. The van der Waals surface area contributed by atoms with Crippen LogP contribution in [-0.2, 0) is 4.74 Å². The molecule has 1 unspecified atom stereocenters. The number of nitrogens with zero attached hydrogens (tertiary/aromatic N) is 2. The molecule has 5 heteroatoms. The molecule has 0 spiro atoms. The highest BCUT2D eigenvalue weighted by Crippen LogP contribution is 2.35. The Kier molecular flexibility index (Phi) is 3.59. The molecule has 15 heavy (non-hydrogen) atoms. The zero-order valence-corrected chi connectivity index (χ0v) is 9.54. The Balaban J connectivity index is 2.08. The number of hydrogen-bond donors (Lipinski definition) is 0. The highest BCUT2D eigenvalue weighted by Gasteiger charge is 2.28. The van der Waals surface area contributed by atoms with Crippen molar-refractivity contribution in [3.05, 3.63) is 11.2 Å². The lowest BCUT2D eigenvalue weighted by Crippen LogP contribution is -2.19. The van der Waals surface area contributed by atoms with Crippen molar-refractivity contribution in [3.8, 4) is 0 Å². The monoisotopic (exact) mass is 230 g/mol. The average Bonchev–Trinajstić information content (AvgIpc) is 2.68. The van der Waals surface area contributed by atoms with Gasteiger partial charge in [-0.05, 0) is 30.4 Å². The third-order valence-electron chi connectivity index (χ3n) is 3.00. The average molecular weight is 231 g/mol. The summed E-state index contributed by atoms with van der Waals surface area (Å²) in [6.45, 7) is 0. The standard InChI is InChI=1S/C10H15ClN2O2/c1-14-8(7-5-3-2-4-6-7)9-12-10(11)15-13-9/h7-8H,2-6H2,1H3. The molecule has 0 N–H and O–H groups in total. The first-order valence-corrected chi connectivity index (χ1v) is 5.71. The second kappa shape index (κ2) is 4.94. The van der Waals surface area contributed by atoms with E-state index in [4.69, 9.17) is 20.9 Å². The first kappa shape index (κ1) is 10.9. The van der Waals surface area contributed by atoms with E-state index in [2.05, 4.69) is 10.1 Å². The van der Waals surface area contributed by atoms with Crippen LogP contribution in [0, 0.1) is 5.92 Å². The van der Waals surface area contributed by atoms with Crippen LogP contribution in [0.1, 0.15) is 44.0 Å². The summed E-state index contributed by atoms with van der Waals surface area (Å²) < 4.78 is 10.2. The molecule has 1 saturated carbocycles. The van der Waals surface area contributed by atoms with Gasteiger partial charge in [0.1, 0.15) is 6.10 Å². The molecular formula is C10H15ClN2O2. The Morgan fingerprint density at radius 2 is 2.13 bits per heavy atom. The quantitative estimate of drug-likeness (QED) is 0.801. The summed E-state index contributed by atoms with van der Waals surface area (Å²) in [5.41, 5.74) is 0. The van der Waals surface area contributed by atoms with Crippen molar-refractivity contribution in [3.63, 3.8) is 0 Å². The highest BCUT2D eigenvalue weighted by atomic mass is 35.5. The van der Waals surface area contributed by atoms with E-state index in [1.807, 2.05) is 0 Å². The molecule has 1 aliphatic carbocycles. The van der Waals surface area contributed by atoms with Gasteiger partial charge in [-0.25, -0.2) is 0 Å². The third-order valence-corrected chi connectivity index (χ3v) is 3.16. The van der Waals surface area contributed by atoms with Crippen molar-refractivity contribution in [1.29, 1.82) is 0 Å². The summed E-state index contributed by atoms with van der Waals surface area (Å²) >= 11 is 5.60. The van der Waals surface area contributed by atoms with E-state index in [0.717, 1.165) is 0 Å². The molecule has 2 rings (SSSR count). The summed E-state index contributed by atoms with van der Waals surface area (Å²) in [5.74, 6) is 1.08. The van der Waals surface area contributed by atoms with E-state index in [1.54, 1.807) is 7.11 Å². The van der Waals surface area contributed by atoms with Crippen LogP contribution in [-0.4, -0.2) is 17.3 Å². The lowest BCUT2D eigenvalue weighted by Gasteiger charge is -2.26. The fourth-order valence-electron chi connectivity index (χ4n) is 2.28. The molecule has 4 nitrogen and oxygen atoms in total. The number of methoxy groups -OCH3 is 1. The predicted molar refractivity (Wildman–Crippen MR) is 55.6 cm³/mol. The van der Waals surface area contributed by atoms with Gasteiger partial charge in [0.15, 0.2) is 0 Å². The van der Waals surface area contributed by atoms with Gasteiger partial charge in [0, 0.05) is 7.11 Å². The van der Waals surface area contributed by atoms with Gasteiger partial charge in [-0.2, -0.15) is 4.98 Å². The Morgan fingerprint density at radius 3 is 2.67 bits per heavy atom. The molecular weight excluding hydrogens is 216 g/mol. The number of aromatic nitrogens is 2. The van der Waals surface area contributed by atoms with Crippen LogP contribution in [0.5, 0.6) is 0 Å². The molecule has 1 atom stereocenters. The fraction of sp³-hybridized carbons (Fsp3) is 0.800. The molecule has 0 aromatic carbocycles. The van der Waals surface area contributed by atoms with Crippen LogP contribution in [0.25, 0.3) is 0 Å². The van der Waals surface area contributed by atoms with Crippen molar-refractivity contribution in [1.82, 2.24) is 10.1 Å². The highest BCUT2D eigenvalue weighted by molar-refractivity contribution is 6.27. The number of ether oxygens (including phenoxy) is 1. The fourth-order valence-corrected chi connectivity index (χ4v) is 2.40. The van der Waals surface area contributed by atoms with Crippen LogP contribution < -0.4 is 0 Å². The molecule has 0 radical (unpaired) electrons. The molecule has 0 aliphatic heterocycles. The Morgan fingerprint density at radius 1 is 1.40 bits per heavy atom. The smallest absolute Gasteiger partial charge is 0.320 e. The van der Waals surface area contributed by atoms with E-state index in [1.165, 1.54) is 32.1 Å². The second-order valence-corrected chi connectivity index (χ2v) is 4.28. The Bertz CT molecular complexity index is 310. The van der Waals surface area contributed by atoms with Crippen molar-refractivity contribution in [2.45, 2.75) is 38.2 Å². The van der Waals surface area contributed by atoms with Crippen molar-refractivity contribution in [2.24, 2.45) is 5.92 Å². The summed E-state index contributed by atoms with van der Waals surface area (Å²) in [6, 6.07) is 0. The van der Waals surface area contributed by atoms with Gasteiger partial charge in [-0.3, -0.25) is 0 Å². The lowest BCUT2D eigenvalue weighted by molar-refractivity contribution is 0.0274. The number of halogens is 1. The predicted octanol–water partition coefficient (Wildman–Crippen LogP) is 2.99. The van der Waals surface area contributed by atoms with E-state index in [9.17, 15) is 0 Å². The van der Waals surface area contributed by atoms with Gasteiger partial charge >= 0.3 is 5.35 Å². The maximum Gasteiger partial charge on any atom is 0.320 e. The van der Waals surface area contributed by atoms with Gasteiger partial charge in [0.05, 0.1) is 0 Å². The lowest BCUT2D eigenvalue weighted by atomic mass is 9.85. The summed E-state index contributed by atoms with van der Waals surface area (Å²) in [7, 11) is 1.68. The van der Waals surface area contributed by atoms with Gasteiger partial charge in [0.2, 0.25) is 5.82 Å². The zero-order chi connectivity index (χ0) is 10.7. The topological polar surface area (TPSA) is 48.2 Å². The Hall–Kier alpha value is -0.610. The normalized spacial score (nSPS) is 20.4. The van der Waals surface area contributed by atoms with Gasteiger partial charge in [-0.1, -0.05) is 24.4 Å². The van der Waals surface area contributed by atoms with Crippen molar-refractivity contribution >= 4 is 11.6 Å². The van der Waals surface area contributed by atoms with Crippen molar-refractivity contribution in [2.75, 3.05) is 7.11 Å². The molecule has 0 amide bonds. The van der Waals surface area contributed by atoms with Crippen LogP contribution >= 0.6 is 11.6 Å². The van der Waals surface area contributed by atoms with Crippen LogP contribution in [0.3, 0.4) is 0 Å². The van der Waals surface area contributed by atoms with Gasteiger partial charge in [0.25, 0.3) is 0 Å². The molecule has 0 saturated heterocycles. The minimum Gasteiger partial charge on any atom is -0.373 e. The maximum absolute atomic E-state index is 5.60. The van der Waals surface area contributed by atoms with E-state index in [-0.39, 0.29) is 11.5 Å². The summed E-state index contributed by atoms with van der Waals surface area (Å²) in [4.78, 5) is 4.02. The first-order valence-electron chi connectivity index (χ1n) is 5.33. The van der Waals surface area contributed by atoms with Crippen LogP contribution in [0.2, 0.25) is 5.35 Å². The Labute approximate surface area is 93.9 Å².